The highest BCUT2D eigenvalue weighted by atomic mass is 32.2. The fourth-order valence-corrected chi connectivity index (χ4v) is 4.32. The van der Waals surface area contributed by atoms with Crippen molar-refractivity contribution in [3.8, 4) is 0 Å². The number of carbonyl (C=O) groups excluding carboxylic acids is 1. The van der Waals surface area contributed by atoms with Crippen molar-refractivity contribution in [3.63, 3.8) is 0 Å². The molecule has 2 rings (SSSR count). The van der Waals surface area contributed by atoms with Crippen LogP contribution in [0.1, 0.15) is 52.4 Å². The van der Waals surface area contributed by atoms with Crippen LogP contribution in [0.5, 0.6) is 0 Å². The van der Waals surface area contributed by atoms with Gasteiger partial charge in [0.2, 0.25) is 9.84 Å². The largest absolute Gasteiger partial charge is 0.424 e. The first-order valence-electron chi connectivity index (χ1n) is 9.74. The van der Waals surface area contributed by atoms with Crippen molar-refractivity contribution in [3.05, 3.63) is 60.7 Å². The smallest absolute Gasteiger partial charge is 0.308 e. The molecule has 1 unspecified atom stereocenters. The summed E-state index contributed by atoms with van der Waals surface area (Å²) in [5.41, 5.74) is 0.556. The second kappa shape index (κ2) is 10.3. The van der Waals surface area contributed by atoms with E-state index in [4.69, 9.17) is 4.74 Å². The lowest BCUT2D eigenvalue weighted by molar-refractivity contribution is -0.149. The molecule has 0 amide bonds. The van der Waals surface area contributed by atoms with Crippen molar-refractivity contribution in [1.82, 2.24) is 0 Å². The number of anilines is 1. The Labute approximate surface area is 168 Å². The molecule has 0 aliphatic rings. The molecular formula is C22H29NO4S. The zero-order valence-electron chi connectivity index (χ0n) is 16.6. The minimum atomic E-state index is -3.99. The molecule has 0 spiro atoms. The second-order valence-corrected chi connectivity index (χ2v) is 9.15. The van der Waals surface area contributed by atoms with Crippen molar-refractivity contribution in [1.29, 1.82) is 0 Å². The van der Waals surface area contributed by atoms with E-state index in [1.807, 2.05) is 6.07 Å². The van der Waals surface area contributed by atoms with Crippen LogP contribution in [-0.2, 0) is 19.4 Å². The lowest BCUT2D eigenvalue weighted by Crippen LogP contribution is -2.47. The second-order valence-electron chi connectivity index (χ2n) is 6.89. The van der Waals surface area contributed by atoms with Crippen LogP contribution in [0.15, 0.2) is 65.6 Å². The van der Waals surface area contributed by atoms with Gasteiger partial charge in [0.1, 0.15) is 0 Å². The van der Waals surface area contributed by atoms with E-state index < -0.39 is 20.9 Å². The Morgan fingerprint density at radius 3 is 2.11 bits per heavy atom. The summed E-state index contributed by atoms with van der Waals surface area (Å²) in [6.07, 6.45) is 5.12. The van der Waals surface area contributed by atoms with Crippen molar-refractivity contribution < 1.29 is 17.9 Å². The summed E-state index contributed by atoms with van der Waals surface area (Å²) in [4.78, 5) is 12.5. The van der Waals surface area contributed by atoms with E-state index in [2.05, 4.69) is 12.2 Å². The number of benzene rings is 2. The van der Waals surface area contributed by atoms with Gasteiger partial charge in [-0.2, -0.15) is 0 Å². The molecular weight excluding hydrogens is 374 g/mol. The van der Waals surface area contributed by atoms with Gasteiger partial charge in [-0.15, -0.1) is 0 Å². The van der Waals surface area contributed by atoms with Gasteiger partial charge in [0.05, 0.1) is 4.90 Å². The van der Waals surface area contributed by atoms with Crippen LogP contribution in [0.3, 0.4) is 0 Å². The van der Waals surface area contributed by atoms with Gasteiger partial charge in [0.25, 0.3) is 5.06 Å². The van der Waals surface area contributed by atoms with Crippen molar-refractivity contribution in [2.24, 2.45) is 0 Å². The van der Waals surface area contributed by atoms with Gasteiger partial charge in [-0.3, -0.25) is 4.79 Å². The molecule has 0 saturated carbocycles. The first-order chi connectivity index (χ1) is 13.4. The SMILES string of the molecule is CCCCCCCC(=O)OC(C)(Nc1ccccc1)S(=O)(=O)c1ccccc1. The summed E-state index contributed by atoms with van der Waals surface area (Å²) in [7, 11) is -3.99. The van der Waals surface area contributed by atoms with Gasteiger partial charge in [-0.1, -0.05) is 69.0 Å². The van der Waals surface area contributed by atoms with Gasteiger partial charge in [0.15, 0.2) is 0 Å². The zero-order valence-corrected chi connectivity index (χ0v) is 17.4. The van der Waals surface area contributed by atoms with Crippen LogP contribution < -0.4 is 5.32 Å². The van der Waals surface area contributed by atoms with E-state index in [1.54, 1.807) is 42.5 Å². The van der Waals surface area contributed by atoms with E-state index in [0.29, 0.717) is 12.1 Å². The first-order valence-corrected chi connectivity index (χ1v) is 11.2. The lowest BCUT2D eigenvalue weighted by Gasteiger charge is -2.31. The van der Waals surface area contributed by atoms with Crippen molar-refractivity contribution in [2.45, 2.75) is 62.3 Å². The minimum Gasteiger partial charge on any atom is -0.424 e. The van der Waals surface area contributed by atoms with Crippen molar-refractivity contribution >= 4 is 21.5 Å². The van der Waals surface area contributed by atoms with E-state index in [0.717, 1.165) is 25.7 Å². The van der Waals surface area contributed by atoms with Gasteiger partial charge in [-0.25, -0.2) is 8.42 Å². The van der Waals surface area contributed by atoms with Crippen LogP contribution >= 0.6 is 0 Å². The Morgan fingerprint density at radius 1 is 0.929 bits per heavy atom. The third-order valence-electron chi connectivity index (χ3n) is 4.50. The number of rotatable bonds is 11. The summed E-state index contributed by atoms with van der Waals surface area (Å²) < 4.78 is 32.1. The van der Waals surface area contributed by atoms with Crippen LogP contribution in [-0.4, -0.2) is 19.4 Å². The summed E-state index contributed by atoms with van der Waals surface area (Å²) in [5, 5.41) is 0.998. The van der Waals surface area contributed by atoms with E-state index in [-0.39, 0.29) is 11.3 Å². The highest BCUT2D eigenvalue weighted by Gasteiger charge is 2.44. The number of esters is 1. The molecule has 0 aromatic heterocycles. The maximum atomic E-state index is 13.3. The molecule has 152 valence electrons. The molecule has 6 heteroatoms. The fraction of sp³-hybridized carbons (Fsp3) is 0.409. The quantitative estimate of drug-likeness (QED) is 0.319. The van der Waals surface area contributed by atoms with Crippen LogP contribution in [0.2, 0.25) is 0 Å². The molecule has 0 aliphatic heterocycles. The van der Waals surface area contributed by atoms with E-state index in [1.165, 1.54) is 19.1 Å². The Balaban J connectivity index is 2.20. The molecule has 0 radical (unpaired) electrons. The molecule has 0 aliphatic carbocycles. The number of ether oxygens (including phenoxy) is 1. The zero-order chi connectivity index (χ0) is 20.5. The molecule has 2 aromatic rings. The van der Waals surface area contributed by atoms with Crippen LogP contribution in [0.25, 0.3) is 0 Å². The Bertz CT molecular complexity index is 837. The third-order valence-corrected chi connectivity index (χ3v) is 6.61. The van der Waals surface area contributed by atoms with Crippen LogP contribution in [0, 0.1) is 0 Å². The Kier molecular flexibility index (Phi) is 8.05. The van der Waals surface area contributed by atoms with E-state index in [9.17, 15) is 13.2 Å². The molecule has 28 heavy (non-hydrogen) atoms. The average molecular weight is 404 g/mol. The molecule has 0 saturated heterocycles. The van der Waals surface area contributed by atoms with Gasteiger partial charge in [-0.05, 0) is 30.7 Å². The average Bonchev–Trinajstić information content (AvgIpc) is 2.69. The maximum absolute atomic E-state index is 13.3. The molecule has 0 bridgehead atoms. The molecule has 0 heterocycles. The van der Waals surface area contributed by atoms with Gasteiger partial charge < -0.3 is 10.1 Å². The standard InChI is InChI=1S/C22H29NO4S/c1-3-4-5-6-13-18-21(24)27-22(2,23-19-14-9-7-10-15-19)28(25,26)20-16-11-8-12-17-20/h7-12,14-17,23H,3-6,13,18H2,1-2H3. The Morgan fingerprint density at radius 2 is 1.50 bits per heavy atom. The molecule has 5 nitrogen and oxygen atoms in total. The molecule has 2 aromatic carbocycles. The van der Waals surface area contributed by atoms with Crippen molar-refractivity contribution in [2.75, 3.05) is 5.32 Å². The lowest BCUT2D eigenvalue weighted by atomic mass is 10.1. The number of hydrogen-bond donors (Lipinski definition) is 1. The topological polar surface area (TPSA) is 72.5 Å². The minimum absolute atomic E-state index is 0.0941. The maximum Gasteiger partial charge on any atom is 0.308 e. The highest BCUT2D eigenvalue weighted by Crippen LogP contribution is 2.29. The summed E-state index contributed by atoms with van der Waals surface area (Å²) in [5.74, 6) is -0.526. The predicted molar refractivity (Wildman–Crippen MR) is 112 cm³/mol. The number of unbranched alkanes of at least 4 members (excludes halogenated alkanes) is 4. The number of carbonyl (C=O) groups is 1. The monoisotopic (exact) mass is 403 g/mol. The summed E-state index contributed by atoms with van der Waals surface area (Å²) in [6.45, 7) is 3.51. The van der Waals surface area contributed by atoms with E-state index >= 15 is 0 Å². The highest BCUT2D eigenvalue weighted by molar-refractivity contribution is 7.92. The normalized spacial score (nSPS) is 13.5. The number of hydrogen-bond acceptors (Lipinski definition) is 5. The molecule has 1 N–H and O–H groups in total. The first kappa shape index (κ1) is 22.0. The fourth-order valence-electron chi connectivity index (χ4n) is 2.90. The predicted octanol–water partition coefficient (Wildman–Crippen LogP) is 5.15. The molecule has 0 fully saturated rings. The summed E-state index contributed by atoms with van der Waals surface area (Å²) >= 11 is 0. The summed E-state index contributed by atoms with van der Waals surface area (Å²) in [6, 6.07) is 16.9. The number of sulfone groups is 1. The van der Waals surface area contributed by atoms with Crippen LogP contribution in [0.4, 0.5) is 5.69 Å². The van der Waals surface area contributed by atoms with Gasteiger partial charge in [0, 0.05) is 19.0 Å². The number of para-hydroxylation sites is 1. The van der Waals surface area contributed by atoms with Gasteiger partial charge >= 0.3 is 5.97 Å². The molecule has 1 atom stereocenters. The number of nitrogens with one attached hydrogen (secondary N) is 1. The Hall–Kier alpha value is -2.34. The third kappa shape index (κ3) is 5.83.